The first-order valence-corrected chi connectivity index (χ1v) is 7.70. The Morgan fingerprint density at radius 1 is 1.20 bits per heavy atom. The fourth-order valence-corrected chi connectivity index (χ4v) is 3.54. The van der Waals surface area contributed by atoms with E-state index in [4.69, 9.17) is 0 Å². The standard InChI is InChI=1S/C13H24BrN/c1-11(8-14)9-15-7-6-12-4-2-3-5-13(12)10-15/h11-13H,2-10H2,1H3. The van der Waals surface area contributed by atoms with Gasteiger partial charge in [-0.3, -0.25) is 0 Å². The molecular formula is C13H24BrN. The molecule has 1 saturated heterocycles. The van der Waals surface area contributed by atoms with Crippen molar-refractivity contribution in [2.45, 2.75) is 39.0 Å². The van der Waals surface area contributed by atoms with E-state index in [0.717, 1.165) is 23.1 Å². The van der Waals surface area contributed by atoms with Crippen molar-refractivity contribution in [1.82, 2.24) is 4.90 Å². The number of nitrogens with zero attached hydrogens (tertiary/aromatic N) is 1. The molecule has 1 heterocycles. The van der Waals surface area contributed by atoms with Crippen molar-refractivity contribution in [3.63, 3.8) is 0 Å². The van der Waals surface area contributed by atoms with Crippen LogP contribution in [0.3, 0.4) is 0 Å². The largest absolute Gasteiger partial charge is 0.303 e. The molecule has 2 rings (SSSR count). The summed E-state index contributed by atoms with van der Waals surface area (Å²) in [6.45, 7) is 6.40. The van der Waals surface area contributed by atoms with Gasteiger partial charge in [0.25, 0.3) is 0 Å². The molecule has 0 spiro atoms. The quantitative estimate of drug-likeness (QED) is 0.712. The summed E-state index contributed by atoms with van der Waals surface area (Å²) in [5.41, 5.74) is 0. The Morgan fingerprint density at radius 3 is 2.67 bits per heavy atom. The van der Waals surface area contributed by atoms with E-state index in [-0.39, 0.29) is 0 Å². The summed E-state index contributed by atoms with van der Waals surface area (Å²) in [4.78, 5) is 2.71. The van der Waals surface area contributed by atoms with E-state index in [1.165, 1.54) is 51.7 Å². The number of piperidine rings is 1. The zero-order valence-electron chi connectivity index (χ0n) is 9.92. The Bertz CT molecular complexity index is 195. The van der Waals surface area contributed by atoms with Gasteiger partial charge >= 0.3 is 0 Å². The molecule has 0 amide bonds. The molecule has 2 aliphatic rings. The second-order valence-electron chi connectivity index (χ2n) is 5.61. The van der Waals surface area contributed by atoms with E-state index in [2.05, 4.69) is 27.8 Å². The van der Waals surface area contributed by atoms with Crippen LogP contribution in [0.15, 0.2) is 0 Å². The summed E-state index contributed by atoms with van der Waals surface area (Å²) in [5, 5.41) is 1.15. The van der Waals surface area contributed by atoms with Crippen LogP contribution in [0.2, 0.25) is 0 Å². The van der Waals surface area contributed by atoms with Crippen LogP contribution in [-0.4, -0.2) is 29.9 Å². The van der Waals surface area contributed by atoms with Crippen molar-refractivity contribution >= 4 is 15.9 Å². The zero-order chi connectivity index (χ0) is 10.7. The molecule has 0 aromatic rings. The molecule has 1 aliphatic carbocycles. The van der Waals surface area contributed by atoms with Crippen molar-refractivity contribution in [2.75, 3.05) is 25.0 Å². The van der Waals surface area contributed by atoms with Gasteiger partial charge in [0.15, 0.2) is 0 Å². The minimum atomic E-state index is 0.810. The number of rotatable bonds is 3. The molecular weight excluding hydrogens is 250 g/mol. The Hall–Kier alpha value is 0.440. The van der Waals surface area contributed by atoms with Gasteiger partial charge in [0.2, 0.25) is 0 Å². The lowest BCUT2D eigenvalue weighted by molar-refractivity contribution is 0.0796. The van der Waals surface area contributed by atoms with Gasteiger partial charge in [-0.05, 0) is 37.1 Å². The van der Waals surface area contributed by atoms with Crippen molar-refractivity contribution in [2.24, 2.45) is 17.8 Å². The normalized spacial score (nSPS) is 34.8. The first-order chi connectivity index (χ1) is 7.29. The molecule has 2 fully saturated rings. The number of likely N-dealkylation sites (tertiary alicyclic amines) is 1. The lowest BCUT2D eigenvalue weighted by atomic mass is 9.75. The van der Waals surface area contributed by atoms with Gasteiger partial charge in [0.05, 0.1) is 0 Å². The van der Waals surface area contributed by atoms with Gasteiger partial charge in [-0.2, -0.15) is 0 Å². The van der Waals surface area contributed by atoms with Gasteiger partial charge in [-0.1, -0.05) is 42.1 Å². The van der Waals surface area contributed by atoms with E-state index >= 15 is 0 Å². The van der Waals surface area contributed by atoms with Crippen LogP contribution in [-0.2, 0) is 0 Å². The number of alkyl halides is 1. The Labute approximate surface area is 103 Å². The molecule has 0 radical (unpaired) electrons. The van der Waals surface area contributed by atoms with Gasteiger partial charge in [-0.15, -0.1) is 0 Å². The van der Waals surface area contributed by atoms with Gasteiger partial charge in [0.1, 0.15) is 0 Å². The summed E-state index contributed by atoms with van der Waals surface area (Å²) in [5.74, 6) is 2.93. The van der Waals surface area contributed by atoms with E-state index in [1.807, 2.05) is 0 Å². The fourth-order valence-electron chi connectivity index (χ4n) is 3.33. The van der Waals surface area contributed by atoms with Crippen LogP contribution in [0.4, 0.5) is 0 Å². The lowest BCUT2D eigenvalue weighted by Gasteiger charge is -2.42. The molecule has 0 N–H and O–H groups in total. The van der Waals surface area contributed by atoms with Crippen LogP contribution in [0, 0.1) is 17.8 Å². The molecule has 1 aliphatic heterocycles. The Morgan fingerprint density at radius 2 is 1.93 bits per heavy atom. The maximum atomic E-state index is 3.58. The van der Waals surface area contributed by atoms with Gasteiger partial charge in [-0.25, -0.2) is 0 Å². The monoisotopic (exact) mass is 273 g/mol. The number of fused-ring (bicyclic) bond motifs is 1. The van der Waals surface area contributed by atoms with Crippen LogP contribution in [0.5, 0.6) is 0 Å². The fraction of sp³-hybridized carbons (Fsp3) is 1.00. The lowest BCUT2D eigenvalue weighted by Crippen LogP contribution is -2.43. The molecule has 3 atom stereocenters. The number of hydrogen-bond acceptors (Lipinski definition) is 1. The third-order valence-electron chi connectivity index (χ3n) is 4.21. The average Bonchev–Trinajstić information content (AvgIpc) is 2.29. The van der Waals surface area contributed by atoms with Crippen molar-refractivity contribution in [3.8, 4) is 0 Å². The van der Waals surface area contributed by atoms with Crippen molar-refractivity contribution in [1.29, 1.82) is 0 Å². The number of hydrogen-bond donors (Lipinski definition) is 0. The first-order valence-electron chi connectivity index (χ1n) is 6.58. The third kappa shape index (κ3) is 3.20. The van der Waals surface area contributed by atoms with Crippen LogP contribution in [0.1, 0.15) is 39.0 Å². The molecule has 15 heavy (non-hydrogen) atoms. The van der Waals surface area contributed by atoms with Crippen molar-refractivity contribution < 1.29 is 0 Å². The Balaban J connectivity index is 1.80. The molecule has 3 unspecified atom stereocenters. The maximum absolute atomic E-state index is 3.58. The predicted octanol–water partition coefficient (Wildman–Crippen LogP) is 3.53. The average molecular weight is 274 g/mol. The summed E-state index contributed by atoms with van der Waals surface area (Å²) in [7, 11) is 0. The summed E-state index contributed by atoms with van der Waals surface area (Å²) >= 11 is 3.58. The topological polar surface area (TPSA) is 3.24 Å². The van der Waals surface area contributed by atoms with Gasteiger partial charge in [0, 0.05) is 18.4 Å². The second kappa shape index (κ2) is 5.67. The zero-order valence-corrected chi connectivity index (χ0v) is 11.5. The van der Waals surface area contributed by atoms with Gasteiger partial charge < -0.3 is 4.90 Å². The molecule has 0 aromatic carbocycles. The second-order valence-corrected chi connectivity index (χ2v) is 6.26. The van der Waals surface area contributed by atoms with E-state index in [0.29, 0.717) is 0 Å². The number of halogens is 1. The smallest absolute Gasteiger partial charge is 0.00692 e. The molecule has 2 heteroatoms. The van der Waals surface area contributed by atoms with Crippen LogP contribution >= 0.6 is 15.9 Å². The van der Waals surface area contributed by atoms with E-state index in [1.54, 1.807) is 0 Å². The van der Waals surface area contributed by atoms with Crippen molar-refractivity contribution in [3.05, 3.63) is 0 Å². The highest BCUT2D eigenvalue weighted by Gasteiger charge is 2.31. The summed E-state index contributed by atoms with van der Waals surface area (Å²) in [6, 6.07) is 0. The summed E-state index contributed by atoms with van der Waals surface area (Å²) in [6.07, 6.45) is 7.48. The minimum Gasteiger partial charge on any atom is -0.303 e. The molecule has 0 bridgehead atoms. The molecule has 88 valence electrons. The van der Waals surface area contributed by atoms with Crippen LogP contribution in [0.25, 0.3) is 0 Å². The molecule has 0 aromatic heterocycles. The highest BCUT2D eigenvalue weighted by molar-refractivity contribution is 9.09. The van der Waals surface area contributed by atoms with Crippen LogP contribution < -0.4 is 0 Å². The van der Waals surface area contributed by atoms with E-state index in [9.17, 15) is 0 Å². The highest BCUT2D eigenvalue weighted by Crippen LogP contribution is 2.36. The Kier molecular flexibility index (Phi) is 4.51. The first kappa shape index (κ1) is 11.9. The highest BCUT2D eigenvalue weighted by atomic mass is 79.9. The minimum absolute atomic E-state index is 0.810. The molecule has 1 nitrogen and oxygen atoms in total. The maximum Gasteiger partial charge on any atom is 0.00692 e. The molecule has 1 saturated carbocycles. The predicted molar refractivity (Wildman–Crippen MR) is 69.5 cm³/mol. The third-order valence-corrected chi connectivity index (χ3v) is 5.31. The summed E-state index contributed by atoms with van der Waals surface area (Å²) < 4.78 is 0. The SMILES string of the molecule is CC(CBr)CN1CCC2CCCCC2C1. The van der Waals surface area contributed by atoms with E-state index < -0.39 is 0 Å².